The minimum atomic E-state index is -1.08. The number of carboxylic acid groups (broad SMARTS) is 1. The van der Waals surface area contributed by atoms with Gasteiger partial charge in [0.1, 0.15) is 5.82 Å². The highest BCUT2D eigenvalue weighted by Crippen LogP contribution is 2.08. The minimum absolute atomic E-state index is 0.0584. The molecule has 0 aliphatic heterocycles. The van der Waals surface area contributed by atoms with E-state index in [9.17, 15) is 4.79 Å². The summed E-state index contributed by atoms with van der Waals surface area (Å²) in [7, 11) is 0. The summed E-state index contributed by atoms with van der Waals surface area (Å²) < 4.78 is 0. The molecule has 0 aliphatic carbocycles. The highest BCUT2D eigenvalue weighted by atomic mass is 16.4. The smallest absolute Gasteiger partial charge is 0.356 e. The largest absolute Gasteiger partial charge is 0.476 e. The zero-order chi connectivity index (χ0) is 13.7. The molecule has 5 nitrogen and oxygen atoms in total. The van der Waals surface area contributed by atoms with Gasteiger partial charge in [-0.15, -0.1) is 0 Å². The van der Waals surface area contributed by atoms with Crippen LogP contribution in [0.3, 0.4) is 0 Å². The Bertz CT molecular complexity index is 558. The molecule has 0 saturated carbocycles. The molecule has 0 bridgehead atoms. The Morgan fingerprint density at radius 3 is 2.74 bits per heavy atom. The third-order valence-electron chi connectivity index (χ3n) is 2.63. The maximum absolute atomic E-state index is 10.8. The number of aromatic carboxylic acids is 1. The molecular weight excluding hydrogens is 242 g/mol. The summed E-state index contributed by atoms with van der Waals surface area (Å²) in [6, 6.07) is 10.2. The van der Waals surface area contributed by atoms with Gasteiger partial charge in [0.15, 0.2) is 5.69 Å². The molecule has 0 radical (unpaired) electrons. The van der Waals surface area contributed by atoms with Crippen molar-refractivity contribution in [3.63, 3.8) is 0 Å². The van der Waals surface area contributed by atoms with Gasteiger partial charge in [0.05, 0.1) is 12.4 Å². The van der Waals surface area contributed by atoms with E-state index in [1.807, 2.05) is 25.1 Å². The minimum Gasteiger partial charge on any atom is -0.476 e. The van der Waals surface area contributed by atoms with Crippen LogP contribution in [0.1, 0.15) is 23.0 Å². The first-order valence-corrected chi connectivity index (χ1v) is 6.01. The van der Waals surface area contributed by atoms with E-state index in [1.165, 1.54) is 18.0 Å². The number of nitrogens with one attached hydrogen (secondary N) is 1. The first-order valence-electron chi connectivity index (χ1n) is 6.01. The lowest BCUT2D eigenvalue weighted by molar-refractivity contribution is 0.0690. The summed E-state index contributed by atoms with van der Waals surface area (Å²) in [6.07, 6.45) is 3.59. The molecule has 1 atom stereocenters. The fourth-order valence-electron chi connectivity index (χ4n) is 1.81. The molecule has 0 spiro atoms. The summed E-state index contributed by atoms with van der Waals surface area (Å²) in [5.74, 6) is -0.602. The van der Waals surface area contributed by atoms with E-state index in [2.05, 4.69) is 27.4 Å². The highest BCUT2D eigenvalue weighted by molar-refractivity contribution is 5.85. The average molecular weight is 257 g/mol. The molecule has 5 heteroatoms. The van der Waals surface area contributed by atoms with Crippen molar-refractivity contribution in [3.05, 3.63) is 54.0 Å². The lowest BCUT2D eigenvalue weighted by Crippen LogP contribution is -2.19. The van der Waals surface area contributed by atoms with Crippen molar-refractivity contribution in [2.24, 2.45) is 0 Å². The van der Waals surface area contributed by atoms with Gasteiger partial charge in [-0.25, -0.2) is 9.78 Å². The maximum Gasteiger partial charge on any atom is 0.356 e. The number of hydrogen-bond donors (Lipinski definition) is 2. The Hall–Kier alpha value is -2.43. The van der Waals surface area contributed by atoms with Crippen LogP contribution in [-0.2, 0) is 6.42 Å². The fourth-order valence-corrected chi connectivity index (χ4v) is 1.81. The van der Waals surface area contributed by atoms with Crippen molar-refractivity contribution in [1.82, 2.24) is 9.97 Å². The second-order valence-corrected chi connectivity index (χ2v) is 4.33. The standard InChI is InChI=1S/C14H15N3O2/c1-10(7-11-5-3-2-4-6-11)16-13-9-15-8-12(17-13)14(18)19/h2-6,8-10H,7H2,1H3,(H,16,17)(H,18,19). The molecule has 0 fully saturated rings. The van der Waals surface area contributed by atoms with E-state index in [0.29, 0.717) is 5.82 Å². The summed E-state index contributed by atoms with van der Waals surface area (Å²) in [5, 5.41) is 12.0. The van der Waals surface area contributed by atoms with Gasteiger partial charge in [-0.1, -0.05) is 30.3 Å². The van der Waals surface area contributed by atoms with Gasteiger partial charge >= 0.3 is 5.97 Å². The SMILES string of the molecule is CC(Cc1ccccc1)Nc1cncc(C(=O)O)n1. The van der Waals surface area contributed by atoms with Gasteiger partial charge in [-0.2, -0.15) is 0 Å². The molecule has 2 aromatic rings. The van der Waals surface area contributed by atoms with Crippen LogP contribution in [0.2, 0.25) is 0 Å². The van der Waals surface area contributed by atoms with E-state index in [0.717, 1.165) is 6.42 Å². The Balaban J connectivity index is 2.01. The maximum atomic E-state index is 10.8. The van der Waals surface area contributed by atoms with Gasteiger partial charge in [0, 0.05) is 6.04 Å². The molecule has 0 amide bonds. The topological polar surface area (TPSA) is 75.1 Å². The van der Waals surface area contributed by atoms with Gasteiger partial charge in [0.2, 0.25) is 0 Å². The van der Waals surface area contributed by atoms with Gasteiger partial charge < -0.3 is 10.4 Å². The third kappa shape index (κ3) is 3.77. The molecule has 2 N–H and O–H groups in total. The molecule has 1 unspecified atom stereocenters. The first kappa shape index (κ1) is 13.0. The zero-order valence-corrected chi connectivity index (χ0v) is 10.6. The third-order valence-corrected chi connectivity index (χ3v) is 2.63. The second-order valence-electron chi connectivity index (χ2n) is 4.33. The summed E-state index contributed by atoms with van der Waals surface area (Å²) >= 11 is 0. The molecular formula is C14H15N3O2. The van der Waals surface area contributed by atoms with Crippen LogP contribution >= 0.6 is 0 Å². The van der Waals surface area contributed by atoms with Crippen molar-refractivity contribution in [2.45, 2.75) is 19.4 Å². The Kier molecular flexibility index (Phi) is 4.07. The molecule has 1 heterocycles. The van der Waals surface area contributed by atoms with Crippen LogP contribution in [0, 0.1) is 0 Å². The van der Waals surface area contributed by atoms with Crippen molar-refractivity contribution in [1.29, 1.82) is 0 Å². The van der Waals surface area contributed by atoms with Gasteiger partial charge in [0.25, 0.3) is 0 Å². The lowest BCUT2D eigenvalue weighted by atomic mass is 10.1. The second kappa shape index (κ2) is 5.95. The van der Waals surface area contributed by atoms with Crippen LogP contribution in [0.5, 0.6) is 0 Å². The van der Waals surface area contributed by atoms with E-state index in [-0.39, 0.29) is 11.7 Å². The molecule has 1 aromatic heterocycles. The monoisotopic (exact) mass is 257 g/mol. The average Bonchev–Trinajstić information content (AvgIpc) is 2.40. The lowest BCUT2D eigenvalue weighted by Gasteiger charge is -2.14. The molecule has 0 aliphatic rings. The number of carbonyl (C=O) groups is 1. The molecule has 98 valence electrons. The summed E-state index contributed by atoms with van der Waals surface area (Å²) in [6.45, 7) is 2.02. The number of benzene rings is 1. The van der Waals surface area contributed by atoms with Crippen LogP contribution in [-0.4, -0.2) is 27.1 Å². The number of aromatic nitrogens is 2. The molecule has 19 heavy (non-hydrogen) atoms. The quantitative estimate of drug-likeness (QED) is 0.859. The normalized spacial score (nSPS) is 11.8. The van der Waals surface area contributed by atoms with E-state index in [1.54, 1.807) is 0 Å². The van der Waals surface area contributed by atoms with Crippen LogP contribution in [0.4, 0.5) is 5.82 Å². The Labute approximate surface area is 111 Å². The van der Waals surface area contributed by atoms with Crippen molar-refractivity contribution >= 4 is 11.8 Å². The van der Waals surface area contributed by atoms with Crippen molar-refractivity contribution in [3.8, 4) is 0 Å². The first-order chi connectivity index (χ1) is 9.15. The van der Waals surface area contributed by atoms with E-state index in [4.69, 9.17) is 5.11 Å². The number of nitrogens with zero attached hydrogens (tertiary/aromatic N) is 2. The van der Waals surface area contributed by atoms with E-state index < -0.39 is 5.97 Å². The predicted molar refractivity (Wildman–Crippen MR) is 72.2 cm³/mol. The summed E-state index contributed by atoms with van der Waals surface area (Å²) in [4.78, 5) is 18.6. The van der Waals surface area contributed by atoms with Gasteiger partial charge in [-0.05, 0) is 18.9 Å². The summed E-state index contributed by atoms with van der Waals surface area (Å²) in [5.41, 5.74) is 1.15. The Morgan fingerprint density at radius 2 is 2.05 bits per heavy atom. The number of anilines is 1. The predicted octanol–water partition coefficient (Wildman–Crippen LogP) is 2.22. The number of carboxylic acids is 1. The Morgan fingerprint density at radius 1 is 1.32 bits per heavy atom. The molecule has 1 aromatic carbocycles. The number of hydrogen-bond acceptors (Lipinski definition) is 4. The highest BCUT2D eigenvalue weighted by Gasteiger charge is 2.08. The van der Waals surface area contributed by atoms with E-state index >= 15 is 0 Å². The molecule has 0 saturated heterocycles. The molecule has 2 rings (SSSR count). The van der Waals surface area contributed by atoms with Crippen LogP contribution < -0.4 is 5.32 Å². The number of rotatable bonds is 5. The fraction of sp³-hybridized carbons (Fsp3) is 0.214. The van der Waals surface area contributed by atoms with Gasteiger partial charge in [-0.3, -0.25) is 4.98 Å². The zero-order valence-electron chi connectivity index (χ0n) is 10.6. The van der Waals surface area contributed by atoms with Crippen molar-refractivity contribution in [2.75, 3.05) is 5.32 Å². The van der Waals surface area contributed by atoms with Crippen LogP contribution in [0.25, 0.3) is 0 Å². The van der Waals surface area contributed by atoms with Crippen LogP contribution in [0.15, 0.2) is 42.7 Å². The van der Waals surface area contributed by atoms with Crippen molar-refractivity contribution < 1.29 is 9.90 Å².